The lowest BCUT2D eigenvalue weighted by Crippen LogP contribution is -2.12. The van der Waals surface area contributed by atoms with E-state index in [0.717, 1.165) is 22.2 Å². The molecule has 0 amide bonds. The van der Waals surface area contributed by atoms with Gasteiger partial charge in [-0.15, -0.1) is 0 Å². The van der Waals surface area contributed by atoms with E-state index in [1.165, 1.54) is 0 Å². The van der Waals surface area contributed by atoms with E-state index in [0.29, 0.717) is 12.0 Å². The molecule has 0 bridgehead atoms. The number of thioether (sulfide) groups is 1. The summed E-state index contributed by atoms with van der Waals surface area (Å²) in [4.78, 5) is 15.8. The number of amidine groups is 1. The summed E-state index contributed by atoms with van der Waals surface area (Å²) in [6.45, 7) is 5.96. The van der Waals surface area contributed by atoms with E-state index < -0.39 is 0 Å². The average Bonchev–Trinajstić information content (AvgIpc) is 2.78. The van der Waals surface area contributed by atoms with Crippen molar-refractivity contribution in [1.29, 1.82) is 0 Å². The standard InChI is InChI=1S/C14H18N2OS/c1-9(2)13-8-18-14(16-13)15-12-6-4-11(5-7-12)10(3)17/h4-7,9,13H,8H2,1-3H3,(H,15,16). The molecule has 1 unspecified atom stereocenters. The van der Waals surface area contributed by atoms with Gasteiger partial charge in [-0.2, -0.15) is 0 Å². The van der Waals surface area contributed by atoms with Crippen LogP contribution in [0.5, 0.6) is 0 Å². The van der Waals surface area contributed by atoms with Gasteiger partial charge in [-0.3, -0.25) is 9.79 Å². The highest BCUT2D eigenvalue weighted by Crippen LogP contribution is 2.24. The van der Waals surface area contributed by atoms with Gasteiger partial charge in [0.05, 0.1) is 6.04 Å². The van der Waals surface area contributed by atoms with Crippen molar-refractivity contribution < 1.29 is 4.79 Å². The van der Waals surface area contributed by atoms with Crippen molar-refractivity contribution in [3.63, 3.8) is 0 Å². The smallest absolute Gasteiger partial charge is 0.161 e. The van der Waals surface area contributed by atoms with Crippen molar-refractivity contribution in [3.05, 3.63) is 29.8 Å². The number of nitrogens with zero attached hydrogens (tertiary/aromatic N) is 1. The van der Waals surface area contributed by atoms with Gasteiger partial charge in [0, 0.05) is 17.0 Å². The van der Waals surface area contributed by atoms with E-state index in [1.54, 1.807) is 18.7 Å². The fourth-order valence-corrected chi connectivity index (χ4v) is 2.90. The number of Topliss-reactive ketones (excluding diaryl/α,β-unsaturated/α-hetero) is 1. The molecule has 1 aromatic rings. The Hall–Kier alpha value is -1.29. The van der Waals surface area contributed by atoms with Crippen LogP contribution in [0.4, 0.5) is 5.69 Å². The fourth-order valence-electron chi connectivity index (χ4n) is 1.71. The molecule has 1 heterocycles. The van der Waals surface area contributed by atoms with Crippen LogP contribution >= 0.6 is 11.8 Å². The van der Waals surface area contributed by atoms with Crippen LogP contribution in [0.1, 0.15) is 31.1 Å². The molecule has 1 aliphatic rings. The minimum atomic E-state index is 0.0917. The maximum absolute atomic E-state index is 11.2. The van der Waals surface area contributed by atoms with E-state index in [4.69, 9.17) is 0 Å². The molecule has 1 atom stereocenters. The molecule has 3 nitrogen and oxygen atoms in total. The second-order valence-electron chi connectivity index (χ2n) is 4.82. The molecule has 0 saturated carbocycles. The summed E-state index contributed by atoms with van der Waals surface area (Å²) >= 11 is 1.76. The van der Waals surface area contributed by atoms with Crippen molar-refractivity contribution in [2.24, 2.45) is 10.9 Å². The van der Waals surface area contributed by atoms with Crippen molar-refractivity contribution in [3.8, 4) is 0 Å². The zero-order chi connectivity index (χ0) is 13.1. The third kappa shape index (κ3) is 3.13. The Balaban J connectivity index is 2.02. The quantitative estimate of drug-likeness (QED) is 0.849. The normalized spacial score (nSPS) is 18.9. The Morgan fingerprint density at radius 2 is 2.06 bits per heavy atom. The monoisotopic (exact) mass is 262 g/mol. The van der Waals surface area contributed by atoms with Gasteiger partial charge in [0.1, 0.15) is 0 Å². The number of benzene rings is 1. The number of carbonyl (C=O) groups is 1. The number of rotatable bonds is 3. The topological polar surface area (TPSA) is 41.5 Å². The first-order valence-electron chi connectivity index (χ1n) is 6.15. The van der Waals surface area contributed by atoms with Gasteiger partial charge >= 0.3 is 0 Å². The molecule has 1 aromatic carbocycles. The molecule has 0 spiro atoms. The summed E-state index contributed by atoms with van der Waals surface area (Å²) in [6, 6.07) is 7.93. The Kier molecular flexibility index (Phi) is 4.07. The maximum Gasteiger partial charge on any atom is 0.161 e. The molecule has 4 heteroatoms. The Morgan fingerprint density at radius 1 is 1.39 bits per heavy atom. The van der Waals surface area contributed by atoms with Crippen LogP contribution in [0.25, 0.3) is 0 Å². The molecule has 2 rings (SSSR count). The molecule has 1 aliphatic heterocycles. The molecular weight excluding hydrogens is 244 g/mol. The second kappa shape index (κ2) is 5.57. The summed E-state index contributed by atoms with van der Waals surface area (Å²) in [5.41, 5.74) is 1.72. The van der Waals surface area contributed by atoms with Gasteiger partial charge in [-0.25, -0.2) is 0 Å². The highest BCUT2D eigenvalue weighted by Gasteiger charge is 2.20. The summed E-state index contributed by atoms with van der Waals surface area (Å²) in [6.07, 6.45) is 0. The first-order valence-corrected chi connectivity index (χ1v) is 7.13. The largest absolute Gasteiger partial charge is 0.335 e. The van der Waals surface area contributed by atoms with Crippen molar-refractivity contribution in [2.75, 3.05) is 11.1 Å². The predicted molar refractivity (Wildman–Crippen MR) is 78.6 cm³/mol. The van der Waals surface area contributed by atoms with Crippen LogP contribution in [0.2, 0.25) is 0 Å². The predicted octanol–water partition coefficient (Wildman–Crippen LogP) is 3.43. The number of aliphatic imine (C=N–C) groups is 1. The van der Waals surface area contributed by atoms with Gasteiger partial charge in [0.2, 0.25) is 0 Å². The number of carbonyl (C=O) groups excluding carboxylic acids is 1. The summed E-state index contributed by atoms with van der Waals surface area (Å²) in [5, 5.41) is 4.27. The number of anilines is 1. The zero-order valence-corrected chi connectivity index (χ0v) is 11.8. The van der Waals surface area contributed by atoms with E-state index in [-0.39, 0.29) is 5.78 Å². The lowest BCUT2D eigenvalue weighted by molar-refractivity contribution is 0.101. The van der Waals surface area contributed by atoms with Gasteiger partial charge in [-0.1, -0.05) is 25.6 Å². The van der Waals surface area contributed by atoms with E-state index in [1.807, 2.05) is 24.3 Å². The molecule has 0 saturated heterocycles. The SMILES string of the molecule is CC(=O)c1ccc(NC2=NC(C(C)C)CS2)cc1. The highest BCUT2D eigenvalue weighted by atomic mass is 32.2. The molecule has 0 radical (unpaired) electrons. The van der Waals surface area contributed by atoms with E-state index >= 15 is 0 Å². The molecule has 0 aliphatic carbocycles. The Labute approximate surface area is 112 Å². The highest BCUT2D eigenvalue weighted by molar-refractivity contribution is 8.14. The van der Waals surface area contributed by atoms with E-state index in [2.05, 4.69) is 24.2 Å². The van der Waals surface area contributed by atoms with Crippen molar-refractivity contribution in [2.45, 2.75) is 26.8 Å². The van der Waals surface area contributed by atoms with Gasteiger partial charge in [0.25, 0.3) is 0 Å². The Bertz CT molecular complexity index is 465. The third-order valence-electron chi connectivity index (χ3n) is 2.99. The molecular formula is C14H18N2OS. The van der Waals surface area contributed by atoms with Crippen LogP contribution in [0.3, 0.4) is 0 Å². The number of hydrogen-bond acceptors (Lipinski definition) is 4. The third-order valence-corrected chi connectivity index (χ3v) is 3.98. The maximum atomic E-state index is 11.2. The molecule has 0 fully saturated rings. The van der Waals surface area contributed by atoms with Gasteiger partial charge < -0.3 is 5.32 Å². The zero-order valence-electron chi connectivity index (χ0n) is 10.9. The van der Waals surface area contributed by atoms with Crippen LogP contribution in [0.15, 0.2) is 29.3 Å². The first-order chi connectivity index (χ1) is 8.56. The number of nitrogens with one attached hydrogen (secondary N) is 1. The fraction of sp³-hybridized carbons (Fsp3) is 0.429. The molecule has 1 N–H and O–H groups in total. The molecule has 96 valence electrons. The molecule has 18 heavy (non-hydrogen) atoms. The van der Waals surface area contributed by atoms with Crippen LogP contribution in [-0.2, 0) is 0 Å². The van der Waals surface area contributed by atoms with Crippen LogP contribution in [-0.4, -0.2) is 22.7 Å². The summed E-state index contributed by atoms with van der Waals surface area (Å²) in [5.74, 6) is 1.72. The minimum absolute atomic E-state index is 0.0917. The summed E-state index contributed by atoms with van der Waals surface area (Å²) in [7, 11) is 0. The average molecular weight is 262 g/mol. The van der Waals surface area contributed by atoms with Crippen molar-refractivity contribution >= 4 is 28.4 Å². The minimum Gasteiger partial charge on any atom is -0.335 e. The Morgan fingerprint density at radius 3 is 2.56 bits per heavy atom. The van der Waals surface area contributed by atoms with E-state index in [9.17, 15) is 4.79 Å². The van der Waals surface area contributed by atoms with Crippen molar-refractivity contribution in [1.82, 2.24) is 0 Å². The first kappa shape index (κ1) is 13.1. The number of hydrogen-bond donors (Lipinski definition) is 1. The second-order valence-corrected chi connectivity index (χ2v) is 5.82. The number of ketones is 1. The van der Waals surface area contributed by atoms with Crippen LogP contribution < -0.4 is 5.32 Å². The lowest BCUT2D eigenvalue weighted by Gasteiger charge is -2.08. The van der Waals surface area contributed by atoms with Crippen LogP contribution in [0, 0.1) is 5.92 Å². The van der Waals surface area contributed by atoms with Gasteiger partial charge in [-0.05, 0) is 37.1 Å². The summed E-state index contributed by atoms with van der Waals surface area (Å²) < 4.78 is 0. The molecule has 0 aromatic heterocycles. The van der Waals surface area contributed by atoms with Gasteiger partial charge in [0.15, 0.2) is 11.0 Å². The lowest BCUT2D eigenvalue weighted by atomic mass is 10.1.